The number of aromatic amines is 1. The van der Waals surface area contributed by atoms with E-state index in [1.807, 2.05) is 32.9 Å². The molecule has 1 spiro atoms. The Kier molecular flexibility index (Phi) is 10.0. The molecule has 0 bridgehead atoms. The Morgan fingerprint density at radius 1 is 0.857 bits per heavy atom. The Balaban J connectivity index is 0.762. The number of para-hydroxylation sites is 1. The van der Waals surface area contributed by atoms with Crippen molar-refractivity contribution in [2.45, 2.75) is 89.3 Å². The molecule has 17 heteroatoms. The fourth-order valence-corrected chi connectivity index (χ4v) is 11.1. The summed E-state index contributed by atoms with van der Waals surface area (Å²) in [5.41, 5.74) is 3.84. The number of halogens is 5. The number of hydrogen-bond acceptors (Lipinski definition) is 8. The monoisotopic (exact) mass is 871 g/mol. The van der Waals surface area contributed by atoms with E-state index in [-0.39, 0.29) is 41.8 Å². The van der Waals surface area contributed by atoms with Gasteiger partial charge in [-0.05, 0) is 97.9 Å². The van der Waals surface area contributed by atoms with Gasteiger partial charge >= 0.3 is 6.18 Å². The number of piperidine rings is 3. The van der Waals surface area contributed by atoms with Gasteiger partial charge in [0.05, 0.1) is 30.3 Å². The molecular weight excluding hydrogens is 826 g/mol. The van der Waals surface area contributed by atoms with Crippen LogP contribution in [0.15, 0.2) is 48.5 Å². The van der Waals surface area contributed by atoms with Crippen molar-refractivity contribution >= 4 is 46.1 Å². The second kappa shape index (κ2) is 15.2. The first-order chi connectivity index (χ1) is 30.1. The number of imide groups is 2. The maximum absolute atomic E-state index is 16.3. The number of carbonyl (C=O) groups excluding carboxylic acids is 5. The molecule has 0 saturated carbocycles. The Hall–Kier alpha value is -5.68. The van der Waals surface area contributed by atoms with Crippen molar-refractivity contribution in [3.05, 3.63) is 99.2 Å². The van der Waals surface area contributed by atoms with Gasteiger partial charge in [0.25, 0.3) is 11.8 Å². The molecule has 3 fully saturated rings. The van der Waals surface area contributed by atoms with E-state index >= 15 is 8.78 Å². The quantitative estimate of drug-likeness (QED) is 0.179. The van der Waals surface area contributed by atoms with Gasteiger partial charge in [0, 0.05) is 79.6 Å². The molecule has 330 valence electrons. The molecule has 0 radical (unpaired) electrons. The average molecular weight is 872 g/mol. The van der Waals surface area contributed by atoms with Crippen LogP contribution in [0.3, 0.4) is 0 Å². The standard InChI is InChI=1S/C46H46F5N7O5/c1-25-16-30-29-4-2-3-5-35(29)52-40(30)41(57(25)24-46(49,50)51)39-33(47)19-28(20-34(39)48)55-12-8-45(9-13-55)10-14-56(15-11-45)38(60)23-54-21-26-17-31-32(18-27(26)22-54)44(63)58(43(31)62)36-6-7-37(59)53-42(36)61/h2-5,17-20,25,36,41,52H,6-16,21-24H2,1H3,(H,53,59,61)/t25-,36?,41-/m1/s1. The van der Waals surface area contributed by atoms with Crippen molar-refractivity contribution in [2.75, 3.05) is 44.2 Å². The van der Waals surface area contributed by atoms with Crippen LogP contribution in [-0.4, -0.2) is 112 Å². The van der Waals surface area contributed by atoms with Crippen LogP contribution in [0.2, 0.25) is 0 Å². The maximum Gasteiger partial charge on any atom is 0.401 e. The molecule has 3 atom stereocenters. The lowest BCUT2D eigenvalue weighted by Crippen LogP contribution is -2.54. The largest absolute Gasteiger partial charge is 0.401 e. The van der Waals surface area contributed by atoms with Crippen LogP contribution in [0.1, 0.15) is 100 Å². The SMILES string of the molecule is C[C@@H]1Cc2c([nH]c3ccccc23)[C@@H](c2c(F)cc(N3CCC4(CCN(C(=O)CN5Cc6cc7c(cc6C5)C(=O)N(C5CCC(=O)NC5=O)C7=O)CC4)CC3)cc2F)N1CC(F)(F)F. The Labute approximate surface area is 359 Å². The minimum Gasteiger partial charge on any atom is -0.371 e. The summed E-state index contributed by atoms with van der Waals surface area (Å²) in [5.74, 6) is -4.05. The van der Waals surface area contributed by atoms with Gasteiger partial charge < -0.3 is 14.8 Å². The fourth-order valence-electron chi connectivity index (χ4n) is 11.1. The molecule has 10 rings (SSSR count). The number of hydrogen-bond donors (Lipinski definition) is 2. The molecule has 6 aliphatic heterocycles. The number of rotatable bonds is 6. The van der Waals surface area contributed by atoms with E-state index in [1.54, 1.807) is 25.1 Å². The highest BCUT2D eigenvalue weighted by atomic mass is 19.4. The van der Waals surface area contributed by atoms with E-state index in [9.17, 15) is 37.1 Å². The molecule has 5 amide bonds. The van der Waals surface area contributed by atoms with Crippen molar-refractivity contribution in [1.82, 2.24) is 29.9 Å². The van der Waals surface area contributed by atoms with Crippen molar-refractivity contribution in [2.24, 2.45) is 5.41 Å². The number of H-pyrrole nitrogens is 1. The van der Waals surface area contributed by atoms with Gasteiger partial charge in [-0.25, -0.2) is 8.78 Å². The Morgan fingerprint density at radius 3 is 2.10 bits per heavy atom. The van der Waals surface area contributed by atoms with E-state index in [4.69, 9.17) is 0 Å². The van der Waals surface area contributed by atoms with Crippen LogP contribution >= 0.6 is 0 Å². The smallest absolute Gasteiger partial charge is 0.371 e. The van der Waals surface area contributed by atoms with E-state index in [2.05, 4.69) is 10.3 Å². The van der Waals surface area contributed by atoms with Crippen molar-refractivity contribution < 1.29 is 45.9 Å². The topological polar surface area (TPSA) is 129 Å². The summed E-state index contributed by atoms with van der Waals surface area (Å²) in [6.07, 6.45) is -1.11. The third kappa shape index (κ3) is 7.26. The van der Waals surface area contributed by atoms with Gasteiger partial charge in [0.2, 0.25) is 17.7 Å². The number of benzene rings is 3. The first-order valence-corrected chi connectivity index (χ1v) is 21.6. The predicted molar refractivity (Wildman–Crippen MR) is 219 cm³/mol. The van der Waals surface area contributed by atoms with Gasteiger partial charge in [-0.2, -0.15) is 13.2 Å². The number of carbonyl (C=O) groups is 5. The van der Waals surface area contributed by atoms with Gasteiger partial charge in [0.15, 0.2) is 0 Å². The molecule has 63 heavy (non-hydrogen) atoms. The number of amides is 5. The lowest BCUT2D eigenvalue weighted by atomic mass is 9.71. The lowest BCUT2D eigenvalue weighted by molar-refractivity contribution is -0.155. The predicted octanol–water partition coefficient (Wildman–Crippen LogP) is 5.97. The number of nitrogens with zero attached hydrogens (tertiary/aromatic N) is 5. The van der Waals surface area contributed by atoms with Crippen molar-refractivity contribution in [1.29, 1.82) is 0 Å². The van der Waals surface area contributed by atoms with Gasteiger partial charge in [-0.1, -0.05) is 18.2 Å². The Bertz CT molecular complexity index is 2520. The van der Waals surface area contributed by atoms with E-state index in [0.29, 0.717) is 62.6 Å². The summed E-state index contributed by atoms with van der Waals surface area (Å²) in [7, 11) is 0. The summed E-state index contributed by atoms with van der Waals surface area (Å²) >= 11 is 0. The number of nitrogens with one attached hydrogen (secondary N) is 2. The second-order valence-electron chi connectivity index (χ2n) is 18.3. The van der Waals surface area contributed by atoms with Gasteiger partial charge in [-0.3, -0.25) is 44.0 Å². The molecule has 2 N–H and O–H groups in total. The molecule has 0 aliphatic carbocycles. The van der Waals surface area contributed by atoms with Gasteiger partial charge in [-0.15, -0.1) is 0 Å². The summed E-state index contributed by atoms with van der Waals surface area (Å²) in [5, 5.41) is 3.03. The number of aromatic nitrogens is 1. The second-order valence-corrected chi connectivity index (χ2v) is 18.3. The molecule has 12 nitrogen and oxygen atoms in total. The van der Waals surface area contributed by atoms with Crippen LogP contribution in [0, 0.1) is 17.0 Å². The molecule has 6 aliphatic rings. The van der Waals surface area contributed by atoms with Gasteiger partial charge in [0.1, 0.15) is 17.7 Å². The molecule has 3 saturated heterocycles. The first kappa shape index (κ1) is 41.3. The number of likely N-dealkylation sites (tertiary alicyclic amines) is 1. The highest BCUT2D eigenvalue weighted by Crippen LogP contribution is 2.46. The maximum atomic E-state index is 16.3. The normalized spacial score (nSPS) is 24.0. The van der Waals surface area contributed by atoms with Crippen molar-refractivity contribution in [3.63, 3.8) is 0 Å². The number of fused-ring (bicyclic) bond motifs is 5. The zero-order valence-corrected chi connectivity index (χ0v) is 34.6. The van der Waals surface area contributed by atoms with Crippen molar-refractivity contribution in [3.8, 4) is 0 Å². The summed E-state index contributed by atoms with van der Waals surface area (Å²) in [6, 6.07) is 10.2. The zero-order valence-electron chi connectivity index (χ0n) is 34.6. The molecule has 7 heterocycles. The zero-order chi connectivity index (χ0) is 44.1. The lowest BCUT2D eigenvalue weighted by Gasteiger charge is -2.47. The first-order valence-electron chi connectivity index (χ1n) is 21.6. The van der Waals surface area contributed by atoms with Crippen LogP contribution in [0.25, 0.3) is 10.9 Å². The van der Waals surface area contributed by atoms with E-state index in [1.165, 1.54) is 12.1 Å². The molecule has 3 aromatic carbocycles. The van der Waals surface area contributed by atoms with Crippen LogP contribution < -0.4 is 10.2 Å². The summed E-state index contributed by atoms with van der Waals surface area (Å²) < 4.78 is 74.5. The van der Waals surface area contributed by atoms with Crippen LogP contribution in [0.4, 0.5) is 27.6 Å². The average Bonchev–Trinajstić information content (AvgIpc) is 3.88. The highest BCUT2D eigenvalue weighted by molar-refractivity contribution is 6.23. The summed E-state index contributed by atoms with van der Waals surface area (Å²) in [6.45, 7) is 3.53. The number of anilines is 1. The Morgan fingerprint density at radius 2 is 1.48 bits per heavy atom. The minimum absolute atomic E-state index is 0.0226. The molecule has 1 aromatic heterocycles. The highest BCUT2D eigenvalue weighted by Gasteiger charge is 2.47. The van der Waals surface area contributed by atoms with E-state index in [0.717, 1.165) is 57.6 Å². The number of alkyl halides is 3. The summed E-state index contributed by atoms with van der Waals surface area (Å²) in [4.78, 5) is 75.4. The fraction of sp³-hybridized carbons (Fsp3) is 0.457. The van der Waals surface area contributed by atoms with Crippen LogP contribution in [-0.2, 0) is 33.9 Å². The van der Waals surface area contributed by atoms with Crippen LogP contribution in [0.5, 0.6) is 0 Å². The molecule has 1 unspecified atom stereocenters. The minimum atomic E-state index is -4.58. The molecular formula is C46H46F5N7O5. The van der Waals surface area contributed by atoms with E-state index < -0.39 is 71.7 Å². The molecule has 4 aromatic rings. The third-order valence-electron chi connectivity index (χ3n) is 14.5. The third-order valence-corrected chi connectivity index (χ3v) is 14.5.